The van der Waals surface area contributed by atoms with Crippen LogP contribution in [-0.4, -0.2) is 33.3 Å². The molecule has 2 aromatic carbocycles. The third-order valence-electron chi connectivity index (χ3n) is 5.18. The summed E-state index contributed by atoms with van der Waals surface area (Å²) >= 11 is 0. The fraction of sp³-hybridized carbons (Fsp3) is 0.190. The SMILES string of the molecule is Nc1ccc(NC(=O)C2CC(=O)C(C(=O)Nc3ccc4[nH]c(=O)[nH]c4c3)CC2=O)cc1. The zero-order valence-electron chi connectivity index (χ0n) is 16.2. The van der Waals surface area contributed by atoms with E-state index in [2.05, 4.69) is 20.6 Å². The molecule has 2 unspecified atom stereocenters. The molecule has 0 saturated heterocycles. The van der Waals surface area contributed by atoms with Gasteiger partial charge in [0.25, 0.3) is 0 Å². The predicted octanol–water partition coefficient (Wildman–Crippen LogP) is 1.18. The minimum atomic E-state index is -1.17. The van der Waals surface area contributed by atoms with Crippen LogP contribution in [0, 0.1) is 11.8 Å². The van der Waals surface area contributed by atoms with Crippen LogP contribution in [0.4, 0.5) is 17.1 Å². The van der Waals surface area contributed by atoms with Crippen molar-refractivity contribution in [2.45, 2.75) is 12.8 Å². The lowest BCUT2D eigenvalue weighted by atomic mass is 9.79. The lowest BCUT2D eigenvalue weighted by molar-refractivity contribution is -0.145. The van der Waals surface area contributed by atoms with Gasteiger partial charge in [-0.05, 0) is 42.5 Å². The average molecular weight is 421 g/mol. The number of imidazole rings is 1. The maximum atomic E-state index is 12.6. The number of nitrogens with one attached hydrogen (secondary N) is 4. The number of aromatic amines is 2. The van der Waals surface area contributed by atoms with E-state index in [1.165, 1.54) is 0 Å². The van der Waals surface area contributed by atoms with E-state index < -0.39 is 35.2 Å². The van der Waals surface area contributed by atoms with Crippen LogP contribution in [0.2, 0.25) is 0 Å². The van der Waals surface area contributed by atoms with E-state index in [-0.39, 0.29) is 18.5 Å². The van der Waals surface area contributed by atoms with Crippen molar-refractivity contribution >= 4 is 51.5 Å². The second-order valence-electron chi connectivity index (χ2n) is 7.39. The van der Waals surface area contributed by atoms with Crippen molar-refractivity contribution in [3.05, 3.63) is 52.9 Å². The van der Waals surface area contributed by atoms with Gasteiger partial charge < -0.3 is 26.3 Å². The summed E-state index contributed by atoms with van der Waals surface area (Å²) in [4.78, 5) is 66.6. The van der Waals surface area contributed by atoms with E-state index in [4.69, 9.17) is 5.73 Å². The van der Waals surface area contributed by atoms with Gasteiger partial charge >= 0.3 is 5.69 Å². The number of carbonyl (C=O) groups is 4. The first kappa shape index (κ1) is 20.1. The standard InChI is InChI=1S/C21H19N5O5/c22-10-1-3-11(4-2-10)23-19(29)13-8-18(28)14(9-17(13)27)20(30)24-12-5-6-15-16(7-12)26-21(31)25-15/h1-7,13-14H,8-9,22H2,(H,23,29)(H,24,30)(H2,25,26,31). The fourth-order valence-electron chi connectivity index (χ4n) is 3.53. The minimum Gasteiger partial charge on any atom is -0.399 e. The zero-order chi connectivity index (χ0) is 22.1. The summed E-state index contributed by atoms with van der Waals surface area (Å²) in [6, 6.07) is 11.1. The van der Waals surface area contributed by atoms with Gasteiger partial charge in [-0.25, -0.2) is 4.79 Å². The Balaban J connectivity index is 1.41. The third kappa shape index (κ3) is 4.22. The van der Waals surface area contributed by atoms with Gasteiger partial charge in [0.05, 0.1) is 11.0 Å². The van der Waals surface area contributed by atoms with Crippen LogP contribution in [0.3, 0.4) is 0 Å². The number of Topliss-reactive ketones (excluding diaryl/α,β-unsaturated/α-hetero) is 2. The van der Waals surface area contributed by atoms with Crippen LogP contribution in [0.25, 0.3) is 11.0 Å². The number of rotatable bonds is 4. The molecule has 2 amide bonds. The molecule has 3 aromatic rings. The van der Waals surface area contributed by atoms with Crippen molar-refractivity contribution in [2.24, 2.45) is 11.8 Å². The van der Waals surface area contributed by atoms with Gasteiger partial charge in [0.15, 0.2) is 0 Å². The van der Waals surface area contributed by atoms with Gasteiger partial charge in [-0.1, -0.05) is 0 Å². The number of nitrogens with two attached hydrogens (primary N) is 1. The fourth-order valence-corrected chi connectivity index (χ4v) is 3.53. The smallest absolute Gasteiger partial charge is 0.323 e. The van der Waals surface area contributed by atoms with Gasteiger partial charge in [0.2, 0.25) is 11.8 Å². The molecule has 1 aliphatic rings. The van der Waals surface area contributed by atoms with E-state index in [9.17, 15) is 24.0 Å². The topological polar surface area (TPSA) is 167 Å². The van der Waals surface area contributed by atoms with Crippen molar-refractivity contribution in [3.63, 3.8) is 0 Å². The molecular formula is C21H19N5O5. The van der Waals surface area contributed by atoms with Gasteiger partial charge in [-0.2, -0.15) is 0 Å². The largest absolute Gasteiger partial charge is 0.399 e. The molecule has 0 spiro atoms. The normalized spacial score (nSPS) is 18.7. The highest BCUT2D eigenvalue weighted by atomic mass is 16.2. The highest BCUT2D eigenvalue weighted by Gasteiger charge is 2.41. The molecule has 1 saturated carbocycles. The molecular weight excluding hydrogens is 402 g/mol. The Morgan fingerprint density at radius 2 is 1.29 bits per heavy atom. The molecule has 10 heteroatoms. The molecule has 31 heavy (non-hydrogen) atoms. The molecule has 158 valence electrons. The highest BCUT2D eigenvalue weighted by molar-refractivity contribution is 6.18. The monoisotopic (exact) mass is 421 g/mol. The lowest BCUT2D eigenvalue weighted by Gasteiger charge is -2.25. The Morgan fingerprint density at radius 1 is 0.774 bits per heavy atom. The Hall–Kier alpha value is -4.21. The summed E-state index contributed by atoms with van der Waals surface area (Å²) in [5, 5.41) is 5.19. The number of benzene rings is 2. The van der Waals surface area contributed by atoms with E-state index in [0.717, 1.165) is 0 Å². The summed E-state index contributed by atoms with van der Waals surface area (Å²) in [6.45, 7) is 0. The minimum absolute atomic E-state index is 0.345. The summed E-state index contributed by atoms with van der Waals surface area (Å²) < 4.78 is 0. The summed E-state index contributed by atoms with van der Waals surface area (Å²) in [7, 11) is 0. The van der Waals surface area contributed by atoms with Crippen LogP contribution in [-0.2, 0) is 19.2 Å². The molecule has 6 N–H and O–H groups in total. The average Bonchev–Trinajstić information content (AvgIpc) is 3.10. The number of anilines is 3. The van der Waals surface area contributed by atoms with Gasteiger partial charge in [0, 0.05) is 29.9 Å². The molecule has 0 bridgehead atoms. The second kappa shape index (κ2) is 7.90. The summed E-state index contributed by atoms with van der Waals surface area (Å²) in [5.74, 6) is -4.50. The Labute approximate surface area is 175 Å². The van der Waals surface area contributed by atoms with Crippen LogP contribution in [0.5, 0.6) is 0 Å². The molecule has 10 nitrogen and oxygen atoms in total. The molecule has 0 radical (unpaired) electrons. The molecule has 2 atom stereocenters. The zero-order valence-corrected chi connectivity index (χ0v) is 16.2. The second-order valence-corrected chi connectivity index (χ2v) is 7.39. The summed E-state index contributed by atoms with van der Waals surface area (Å²) in [5.41, 5.74) is 7.64. The highest BCUT2D eigenvalue weighted by Crippen LogP contribution is 2.26. The van der Waals surface area contributed by atoms with Crippen molar-refractivity contribution < 1.29 is 19.2 Å². The van der Waals surface area contributed by atoms with Crippen molar-refractivity contribution in [2.75, 3.05) is 16.4 Å². The number of amides is 2. The van der Waals surface area contributed by atoms with Gasteiger partial charge in [-0.15, -0.1) is 0 Å². The Bertz CT molecular complexity index is 1260. The van der Waals surface area contributed by atoms with Gasteiger partial charge in [-0.3, -0.25) is 19.2 Å². The quantitative estimate of drug-likeness (QED) is 0.313. The number of aromatic nitrogens is 2. The Kier molecular flexibility index (Phi) is 5.12. The van der Waals surface area contributed by atoms with Crippen LogP contribution >= 0.6 is 0 Å². The number of nitrogen functional groups attached to an aromatic ring is 1. The first-order chi connectivity index (χ1) is 14.8. The first-order valence-electron chi connectivity index (χ1n) is 9.55. The number of fused-ring (bicyclic) bond motifs is 1. The third-order valence-corrected chi connectivity index (χ3v) is 5.18. The summed E-state index contributed by atoms with van der Waals surface area (Å²) in [6.07, 6.45) is -0.699. The van der Waals surface area contributed by atoms with Crippen LogP contribution < -0.4 is 22.1 Å². The Morgan fingerprint density at radius 3 is 1.90 bits per heavy atom. The van der Waals surface area contributed by atoms with Crippen molar-refractivity contribution in [3.8, 4) is 0 Å². The molecule has 1 heterocycles. The number of ketones is 2. The van der Waals surface area contributed by atoms with E-state index in [1.54, 1.807) is 42.5 Å². The van der Waals surface area contributed by atoms with Crippen molar-refractivity contribution in [1.29, 1.82) is 0 Å². The van der Waals surface area contributed by atoms with Crippen LogP contribution in [0.1, 0.15) is 12.8 Å². The molecule has 0 aliphatic heterocycles. The maximum Gasteiger partial charge on any atom is 0.323 e. The maximum absolute atomic E-state index is 12.6. The van der Waals surface area contributed by atoms with Crippen molar-refractivity contribution in [1.82, 2.24) is 9.97 Å². The molecule has 1 aliphatic carbocycles. The van der Waals surface area contributed by atoms with E-state index >= 15 is 0 Å². The first-order valence-corrected chi connectivity index (χ1v) is 9.55. The van der Waals surface area contributed by atoms with E-state index in [0.29, 0.717) is 28.1 Å². The lowest BCUT2D eigenvalue weighted by Crippen LogP contribution is -2.43. The molecule has 1 aromatic heterocycles. The molecule has 1 fully saturated rings. The van der Waals surface area contributed by atoms with Gasteiger partial charge in [0.1, 0.15) is 23.4 Å². The van der Waals surface area contributed by atoms with Crippen LogP contribution in [0.15, 0.2) is 47.3 Å². The predicted molar refractivity (Wildman–Crippen MR) is 113 cm³/mol. The number of H-pyrrole nitrogens is 2. The molecule has 4 rings (SSSR count). The number of carbonyl (C=O) groups excluding carboxylic acids is 4. The number of hydrogen-bond donors (Lipinski definition) is 5. The number of hydrogen-bond acceptors (Lipinski definition) is 6. The van der Waals surface area contributed by atoms with E-state index in [1.807, 2.05) is 0 Å².